The Morgan fingerprint density at radius 3 is 2.74 bits per heavy atom. The third-order valence-electron chi connectivity index (χ3n) is 3.30. The zero-order valence-corrected chi connectivity index (χ0v) is 10.9. The molecule has 0 N–H and O–H groups in total. The first-order chi connectivity index (χ1) is 9.36. The molecule has 19 heavy (non-hydrogen) atoms. The van der Waals surface area contributed by atoms with Crippen LogP contribution in [0.4, 0.5) is 0 Å². The maximum Gasteiger partial charge on any atom is 0.142 e. The Morgan fingerprint density at radius 1 is 1.11 bits per heavy atom. The van der Waals surface area contributed by atoms with Gasteiger partial charge in [0.1, 0.15) is 17.6 Å². The van der Waals surface area contributed by atoms with Crippen molar-refractivity contribution in [1.29, 1.82) is 0 Å². The molecule has 1 atom stereocenters. The normalized spacial score (nSPS) is 17.2. The molecular formula is C17H16O2. The summed E-state index contributed by atoms with van der Waals surface area (Å²) in [4.78, 5) is 0. The summed E-state index contributed by atoms with van der Waals surface area (Å²) in [6, 6.07) is 16.2. The highest BCUT2D eigenvalue weighted by Crippen LogP contribution is 2.32. The summed E-state index contributed by atoms with van der Waals surface area (Å²) in [5.41, 5.74) is 2.33. The van der Waals surface area contributed by atoms with Gasteiger partial charge in [-0.05, 0) is 36.3 Å². The van der Waals surface area contributed by atoms with Crippen molar-refractivity contribution in [3.63, 3.8) is 0 Å². The van der Waals surface area contributed by atoms with E-state index in [1.807, 2.05) is 36.4 Å². The molecule has 2 aromatic carbocycles. The molecule has 2 aromatic rings. The number of fused-ring (bicyclic) bond motifs is 1. The van der Waals surface area contributed by atoms with Gasteiger partial charge < -0.3 is 9.47 Å². The molecule has 0 bridgehead atoms. The molecule has 1 aliphatic heterocycles. The largest absolute Gasteiger partial charge is 0.497 e. The van der Waals surface area contributed by atoms with Crippen LogP contribution >= 0.6 is 0 Å². The van der Waals surface area contributed by atoms with Crippen LogP contribution in [-0.2, 0) is 6.42 Å². The SMILES string of the molecule is COc1ccc2c(c1)CC=CC(c1ccccc1)O2. The smallest absolute Gasteiger partial charge is 0.142 e. The summed E-state index contributed by atoms with van der Waals surface area (Å²) in [7, 11) is 1.68. The molecule has 1 unspecified atom stereocenters. The van der Waals surface area contributed by atoms with Gasteiger partial charge >= 0.3 is 0 Å². The van der Waals surface area contributed by atoms with Crippen molar-refractivity contribution in [2.45, 2.75) is 12.5 Å². The van der Waals surface area contributed by atoms with Gasteiger partial charge in [-0.3, -0.25) is 0 Å². The third-order valence-corrected chi connectivity index (χ3v) is 3.30. The van der Waals surface area contributed by atoms with E-state index in [1.165, 1.54) is 5.56 Å². The Kier molecular flexibility index (Phi) is 3.23. The monoisotopic (exact) mass is 252 g/mol. The molecule has 0 spiro atoms. The van der Waals surface area contributed by atoms with Gasteiger partial charge in [0.05, 0.1) is 7.11 Å². The van der Waals surface area contributed by atoms with Crippen LogP contribution in [0.5, 0.6) is 11.5 Å². The number of rotatable bonds is 2. The molecule has 0 radical (unpaired) electrons. The van der Waals surface area contributed by atoms with Crippen molar-refractivity contribution in [1.82, 2.24) is 0 Å². The number of hydrogen-bond acceptors (Lipinski definition) is 2. The van der Waals surface area contributed by atoms with Crippen LogP contribution in [0.1, 0.15) is 17.2 Å². The molecule has 2 nitrogen and oxygen atoms in total. The minimum absolute atomic E-state index is 0.0177. The van der Waals surface area contributed by atoms with E-state index in [0.29, 0.717) is 0 Å². The Morgan fingerprint density at radius 2 is 1.95 bits per heavy atom. The average molecular weight is 252 g/mol. The molecular weight excluding hydrogens is 236 g/mol. The zero-order chi connectivity index (χ0) is 13.1. The topological polar surface area (TPSA) is 18.5 Å². The quantitative estimate of drug-likeness (QED) is 0.754. The van der Waals surface area contributed by atoms with Crippen molar-refractivity contribution >= 4 is 0 Å². The van der Waals surface area contributed by atoms with Crippen molar-refractivity contribution in [2.24, 2.45) is 0 Å². The number of methoxy groups -OCH3 is 1. The van der Waals surface area contributed by atoms with Crippen molar-refractivity contribution in [3.8, 4) is 11.5 Å². The fraction of sp³-hybridized carbons (Fsp3) is 0.176. The summed E-state index contributed by atoms with van der Waals surface area (Å²) in [5.74, 6) is 1.80. The van der Waals surface area contributed by atoms with E-state index >= 15 is 0 Å². The highest BCUT2D eigenvalue weighted by atomic mass is 16.5. The molecule has 1 aliphatic rings. The first kappa shape index (κ1) is 11.8. The van der Waals surface area contributed by atoms with E-state index in [9.17, 15) is 0 Å². The molecule has 0 aromatic heterocycles. The molecule has 3 rings (SSSR count). The van der Waals surface area contributed by atoms with Crippen molar-refractivity contribution < 1.29 is 9.47 Å². The van der Waals surface area contributed by atoms with Crippen LogP contribution in [-0.4, -0.2) is 7.11 Å². The molecule has 1 heterocycles. The Bertz CT molecular complexity index is 587. The lowest BCUT2D eigenvalue weighted by atomic mass is 10.1. The molecule has 0 aliphatic carbocycles. The van der Waals surface area contributed by atoms with Gasteiger partial charge in [0.25, 0.3) is 0 Å². The maximum atomic E-state index is 6.10. The molecule has 0 fully saturated rings. The molecule has 96 valence electrons. The fourth-order valence-electron chi connectivity index (χ4n) is 2.27. The van der Waals surface area contributed by atoms with E-state index in [2.05, 4.69) is 24.3 Å². The minimum atomic E-state index is -0.0177. The standard InChI is InChI=1S/C17H16O2/c1-18-15-10-11-17-14(12-15)8-5-9-16(19-17)13-6-3-2-4-7-13/h2-7,9-12,16H,8H2,1H3. The van der Waals surface area contributed by atoms with Gasteiger partial charge in [-0.1, -0.05) is 36.4 Å². The van der Waals surface area contributed by atoms with Gasteiger partial charge in [0.2, 0.25) is 0 Å². The Labute approximate surface area is 113 Å². The molecule has 0 amide bonds. The van der Waals surface area contributed by atoms with Gasteiger partial charge in [-0.25, -0.2) is 0 Å². The van der Waals surface area contributed by atoms with Crippen molar-refractivity contribution in [2.75, 3.05) is 7.11 Å². The minimum Gasteiger partial charge on any atom is -0.497 e. The first-order valence-corrected chi connectivity index (χ1v) is 6.42. The van der Waals surface area contributed by atoms with Gasteiger partial charge in [-0.15, -0.1) is 0 Å². The first-order valence-electron chi connectivity index (χ1n) is 6.42. The predicted molar refractivity (Wildman–Crippen MR) is 75.6 cm³/mol. The second-order valence-electron chi connectivity index (χ2n) is 4.56. The highest BCUT2D eigenvalue weighted by molar-refractivity contribution is 5.43. The van der Waals surface area contributed by atoms with Gasteiger partial charge in [-0.2, -0.15) is 0 Å². The maximum absolute atomic E-state index is 6.10. The second kappa shape index (κ2) is 5.19. The Hall–Kier alpha value is -2.22. The van der Waals surface area contributed by atoms with Gasteiger partial charge in [0.15, 0.2) is 0 Å². The van der Waals surface area contributed by atoms with Crippen LogP contribution in [0.25, 0.3) is 0 Å². The zero-order valence-electron chi connectivity index (χ0n) is 10.9. The highest BCUT2D eigenvalue weighted by Gasteiger charge is 2.15. The summed E-state index contributed by atoms with van der Waals surface area (Å²) >= 11 is 0. The van der Waals surface area contributed by atoms with Crippen molar-refractivity contribution in [3.05, 3.63) is 71.8 Å². The summed E-state index contributed by atoms with van der Waals surface area (Å²) in [5, 5.41) is 0. The van der Waals surface area contributed by atoms with E-state index in [1.54, 1.807) is 7.11 Å². The lowest BCUT2D eigenvalue weighted by Gasteiger charge is -2.16. The summed E-state index contributed by atoms with van der Waals surface area (Å²) < 4.78 is 11.4. The molecule has 0 saturated carbocycles. The number of ether oxygens (including phenoxy) is 2. The predicted octanol–water partition coefficient (Wildman–Crippen LogP) is 3.93. The summed E-state index contributed by atoms with van der Waals surface area (Å²) in [6.07, 6.45) is 5.12. The van der Waals surface area contributed by atoms with Crippen LogP contribution in [0, 0.1) is 0 Å². The van der Waals surface area contributed by atoms with Crippen LogP contribution < -0.4 is 9.47 Å². The average Bonchev–Trinajstić information content (AvgIpc) is 2.69. The molecule has 2 heteroatoms. The lowest BCUT2D eigenvalue weighted by molar-refractivity contribution is 0.255. The lowest BCUT2D eigenvalue weighted by Crippen LogP contribution is -2.04. The Balaban J connectivity index is 1.92. The van der Waals surface area contributed by atoms with E-state index in [4.69, 9.17) is 9.47 Å². The third kappa shape index (κ3) is 2.48. The van der Waals surface area contributed by atoms with Crippen LogP contribution in [0.3, 0.4) is 0 Å². The fourth-order valence-corrected chi connectivity index (χ4v) is 2.27. The second-order valence-corrected chi connectivity index (χ2v) is 4.56. The summed E-state index contributed by atoms with van der Waals surface area (Å²) in [6.45, 7) is 0. The molecule has 0 saturated heterocycles. The van der Waals surface area contributed by atoms with E-state index in [-0.39, 0.29) is 6.10 Å². The van der Waals surface area contributed by atoms with E-state index < -0.39 is 0 Å². The van der Waals surface area contributed by atoms with Gasteiger partial charge in [0, 0.05) is 5.56 Å². The number of hydrogen-bond donors (Lipinski definition) is 0. The van der Waals surface area contributed by atoms with E-state index in [0.717, 1.165) is 23.5 Å². The van der Waals surface area contributed by atoms with Crippen LogP contribution in [0.15, 0.2) is 60.7 Å². The van der Waals surface area contributed by atoms with Crippen LogP contribution in [0.2, 0.25) is 0 Å². The number of benzene rings is 2. The number of allylic oxidation sites excluding steroid dienone is 1.